The molecule has 1 N–H and O–H groups in total. The predicted molar refractivity (Wildman–Crippen MR) is 96.6 cm³/mol. The van der Waals surface area contributed by atoms with Crippen molar-refractivity contribution in [1.82, 2.24) is 4.57 Å². The van der Waals surface area contributed by atoms with Crippen LogP contribution in [0.25, 0.3) is 11.1 Å². The average Bonchev–Trinajstić information content (AvgIpc) is 2.88. The maximum atomic E-state index is 12.2. The zero-order chi connectivity index (χ0) is 18.8. The van der Waals surface area contributed by atoms with Gasteiger partial charge in [0.25, 0.3) is 5.69 Å². The summed E-state index contributed by atoms with van der Waals surface area (Å²) < 4.78 is 6.45. The number of aromatic nitrogens is 1. The van der Waals surface area contributed by atoms with E-state index in [1.165, 1.54) is 22.8 Å². The lowest BCUT2D eigenvalue weighted by Gasteiger charge is -2.08. The molecular weight excluding hydrogens is 362 g/mol. The van der Waals surface area contributed by atoms with E-state index >= 15 is 0 Å². The van der Waals surface area contributed by atoms with Crippen LogP contribution in [0.5, 0.6) is 0 Å². The van der Waals surface area contributed by atoms with E-state index in [4.69, 9.17) is 16.0 Å². The number of carbonyl (C=O) groups excluding carboxylic acids is 1. The number of nitro benzene ring substituents is 1. The zero-order valence-corrected chi connectivity index (χ0v) is 14.4. The minimum absolute atomic E-state index is 0.000696. The molecule has 0 spiro atoms. The summed E-state index contributed by atoms with van der Waals surface area (Å²) in [5.41, 5.74) is 1.54. The number of amides is 1. The lowest BCUT2D eigenvalue weighted by Crippen LogP contribution is -2.20. The fraction of sp³-hybridized carbons (Fsp3) is 0.176. The molecule has 9 heteroatoms. The quantitative estimate of drug-likeness (QED) is 0.542. The second kappa shape index (κ2) is 7.01. The lowest BCUT2D eigenvalue weighted by atomic mass is 10.1. The third kappa shape index (κ3) is 3.45. The van der Waals surface area contributed by atoms with Crippen molar-refractivity contribution in [2.45, 2.75) is 19.9 Å². The fourth-order valence-corrected chi connectivity index (χ4v) is 2.80. The molecule has 0 saturated carbocycles. The van der Waals surface area contributed by atoms with Gasteiger partial charge in [0.05, 0.1) is 21.7 Å². The second-order valence-electron chi connectivity index (χ2n) is 5.64. The molecule has 0 aliphatic rings. The molecule has 1 amide bonds. The summed E-state index contributed by atoms with van der Waals surface area (Å²) in [4.78, 5) is 34.6. The largest absolute Gasteiger partial charge is 0.419 e. The van der Waals surface area contributed by atoms with Crippen molar-refractivity contribution in [3.63, 3.8) is 0 Å². The summed E-state index contributed by atoms with van der Waals surface area (Å²) in [6.07, 6.45) is -0.000696. The van der Waals surface area contributed by atoms with E-state index in [2.05, 4.69) is 5.32 Å². The number of nitro groups is 1. The van der Waals surface area contributed by atoms with Gasteiger partial charge in [0.2, 0.25) is 5.91 Å². The van der Waals surface area contributed by atoms with Gasteiger partial charge in [-0.05, 0) is 25.1 Å². The number of fused-ring (bicyclic) bond motifs is 1. The number of halogens is 1. The normalized spacial score (nSPS) is 10.8. The average molecular weight is 376 g/mol. The van der Waals surface area contributed by atoms with Gasteiger partial charge in [0.15, 0.2) is 5.58 Å². The smallest absolute Gasteiger partial charge is 0.408 e. The van der Waals surface area contributed by atoms with Crippen LogP contribution in [-0.2, 0) is 11.3 Å². The zero-order valence-electron chi connectivity index (χ0n) is 13.7. The number of oxazole rings is 1. The Balaban J connectivity index is 1.74. The van der Waals surface area contributed by atoms with Gasteiger partial charge in [0.1, 0.15) is 0 Å². The van der Waals surface area contributed by atoms with Gasteiger partial charge < -0.3 is 9.73 Å². The Bertz CT molecular complexity index is 1070. The Morgan fingerprint density at radius 3 is 2.85 bits per heavy atom. The maximum Gasteiger partial charge on any atom is 0.419 e. The molecule has 0 saturated heterocycles. The molecule has 3 aromatic rings. The number of nitrogens with one attached hydrogen (secondary N) is 1. The van der Waals surface area contributed by atoms with Crippen LogP contribution in [0.3, 0.4) is 0 Å². The number of anilines is 1. The van der Waals surface area contributed by atoms with E-state index in [-0.39, 0.29) is 24.6 Å². The Hall–Kier alpha value is -3.13. The molecule has 0 radical (unpaired) electrons. The second-order valence-corrected chi connectivity index (χ2v) is 6.07. The third-order valence-electron chi connectivity index (χ3n) is 3.97. The Labute approximate surface area is 152 Å². The number of aryl methyl sites for hydroxylation is 1. The van der Waals surface area contributed by atoms with Gasteiger partial charge in [-0.1, -0.05) is 17.7 Å². The highest BCUT2D eigenvalue weighted by atomic mass is 35.5. The summed E-state index contributed by atoms with van der Waals surface area (Å²) in [6, 6.07) is 9.25. The highest BCUT2D eigenvalue weighted by molar-refractivity contribution is 6.31. The number of rotatable bonds is 5. The van der Waals surface area contributed by atoms with Gasteiger partial charge in [0, 0.05) is 30.1 Å². The van der Waals surface area contributed by atoms with E-state index in [0.29, 0.717) is 27.4 Å². The molecule has 3 rings (SSSR count). The first-order valence-electron chi connectivity index (χ1n) is 7.69. The van der Waals surface area contributed by atoms with Crippen LogP contribution in [0.1, 0.15) is 12.0 Å². The predicted octanol–water partition coefficient (Wildman–Crippen LogP) is 3.49. The molecule has 0 fully saturated rings. The van der Waals surface area contributed by atoms with Crippen LogP contribution < -0.4 is 11.1 Å². The first-order chi connectivity index (χ1) is 12.4. The monoisotopic (exact) mass is 375 g/mol. The molecule has 134 valence electrons. The van der Waals surface area contributed by atoms with Gasteiger partial charge in [-0.2, -0.15) is 0 Å². The van der Waals surface area contributed by atoms with Crippen molar-refractivity contribution in [2.24, 2.45) is 0 Å². The Morgan fingerprint density at radius 1 is 1.35 bits per heavy atom. The molecule has 1 aromatic heterocycles. The number of hydrogen-bond donors (Lipinski definition) is 1. The van der Waals surface area contributed by atoms with Crippen LogP contribution in [0.15, 0.2) is 45.6 Å². The summed E-state index contributed by atoms with van der Waals surface area (Å²) >= 11 is 5.86. The summed E-state index contributed by atoms with van der Waals surface area (Å²) in [6.45, 7) is 1.67. The molecule has 0 atom stereocenters. The molecule has 8 nitrogen and oxygen atoms in total. The molecule has 1 heterocycles. The van der Waals surface area contributed by atoms with Gasteiger partial charge in [-0.3, -0.25) is 19.5 Å². The topological polar surface area (TPSA) is 107 Å². The summed E-state index contributed by atoms with van der Waals surface area (Å²) in [5, 5.41) is 14.0. The van der Waals surface area contributed by atoms with Crippen molar-refractivity contribution in [1.29, 1.82) is 0 Å². The number of hydrogen-bond acceptors (Lipinski definition) is 5. The van der Waals surface area contributed by atoms with Crippen LogP contribution in [0.4, 0.5) is 11.4 Å². The van der Waals surface area contributed by atoms with E-state index in [0.717, 1.165) is 0 Å². The van der Waals surface area contributed by atoms with Crippen molar-refractivity contribution in [3.05, 3.63) is 67.6 Å². The standard InChI is InChI=1S/C17H14ClN3O5/c1-10-12(3-2-4-13(10)21(24)25)19-16(22)7-8-20-14-6-5-11(18)9-15(14)26-17(20)23/h2-6,9H,7-8H2,1H3,(H,19,22). The molecule has 26 heavy (non-hydrogen) atoms. The molecule has 0 aliphatic carbocycles. The Kier molecular flexibility index (Phi) is 4.77. The van der Waals surface area contributed by atoms with Crippen LogP contribution in [-0.4, -0.2) is 15.4 Å². The molecule has 2 aromatic carbocycles. The summed E-state index contributed by atoms with van der Waals surface area (Å²) in [7, 11) is 0. The molecule has 0 unspecified atom stereocenters. The highest BCUT2D eigenvalue weighted by Gasteiger charge is 2.16. The number of nitrogens with zero attached hydrogens (tertiary/aromatic N) is 2. The maximum absolute atomic E-state index is 12.2. The van der Waals surface area contributed by atoms with Gasteiger partial charge >= 0.3 is 5.76 Å². The van der Waals surface area contributed by atoms with Crippen LogP contribution in [0, 0.1) is 17.0 Å². The first-order valence-corrected chi connectivity index (χ1v) is 8.07. The minimum atomic E-state index is -0.582. The van der Waals surface area contributed by atoms with Gasteiger partial charge in [-0.25, -0.2) is 4.79 Å². The number of benzene rings is 2. The highest BCUT2D eigenvalue weighted by Crippen LogP contribution is 2.25. The van der Waals surface area contributed by atoms with Crippen molar-refractivity contribution in [3.8, 4) is 0 Å². The van der Waals surface area contributed by atoms with E-state index < -0.39 is 10.7 Å². The van der Waals surface area contributed by atoms with Crippen LogP contribution >= 0.6 is 11.6 Å². The molecule has 0 aliphatic heterocycles. The van der Waals surface area contributed by atoms with E-state index in [1.54, 1.807) is 25.1 Å². The van der Waals surface area contributed by atoms with Gasteiger partial charge in [-0.15, -0.1) is 0 Å². The third-order valence-corrected chi connectivity index (χ3v) is 4.20. The number of carbonyl (C=O) groups is 1. The summed E-state index contributed by atoms with van der Waals surface area (Å²) in [5.74, 6) is -0.953. The SMILES string of the molecule is Cc1c(NC(=O)CCn2c(=O)oc3cc(Cl)ccc32)cccc1[N+](=O)[O-]. The van der Waals surface area contributed by atoms with E-state index in [1.807, 2.05) is 0 Å². The van der Waals surface area contributed by atoms with Crippen molar-refractivity contribution >= 4 is 40.0 Å². The molecular formula is C17H14ClN3O5. The fourth-order valence-electron chi connectivity index (χ4n) is 2.63. The first kappa shape index (κ1) is 17.7. The minimum Gasteiger partial charge on any atom is -0.408 e. The van der Waals surface area contributed by atoms with Crippen molar-refractivity contribution < 1.29 is 14.1 Å². The molecule has 0 bridgehead atoms. The van der Waals surface area contributed by atoms with E-state index in [9.17, 15) is 19.7 Å². The Morgan fingerprint density at radius 2 is 2.12 bits per heavy atom. The lowest BCUT2D eigenvalue weighted by molar-refractivity contribution is -0.385. The van der Waals surface area contributed by atoms with Crippen LogP contribution in [0.2, 0.25) is 5.02 Å². The van der Waals surface area contributed by atoms with Crippen molar-refractivity contribution in [2.75, 3.05) is 5.32 Å².